The second-order valence-corrected chi connectivity index (χ2v) is 13.2. The van der Waals surface area contributed by atoms with Crippen molar-refractivity contribution in [3.8, 4) is 6.07 Å². The molecule has 39 heavy (non-hydrogen) atoms. The average Bonchev–Trinajstić information content (AvgIpc) is 3.42. The van der Waals surface area contributed by atoms with E-state index in [-0.39, 0.29) is 35.4 Å². The molecule has 7 heteroatoms. The van der Waals surface area contributed by atoms with Gasteiger partial charge in [0.2, 0.25) is 0 Å². The molecule has 0 amide bonds. The van der Waals surface area contributed by atoms with E-state index in [0.29, 0.717) is 37.4 Å². The summed E-state index contributed by atoms with van der Waals surface area (Å²) in [6, 6.07) is 11.8. The number of carbonyl (C=O) groups is 2. The average molecular weight is 529 g/mol. The van der Waals surface area contributed by atoms with Crippen molar-refractivity contribution in [2.45, 2.75) is 89.3 Å². The van der Waals surface area contributed by atoms with Crippen molar-refractivity contribution >= 4 is 22.5 Å². The minimum absolute atomic E-state index is 0.0840. The van der Waals surface area contributed by atoms with Crippen molar-refractivity contribution in [1.29, 1.82) is 5.26 Å². The van der Waals surface area contributed by atoms with Crippen molar-refractivity contribution < 1.29 is 24.2 Å². The monoisotopic (exact) mass is 528 g/mol. The van der Waals surface area contributed by atoms with Gasteiger partial charge in [0.25, 0.3) is 0 Å². The summed E-state index contributed by atoms with van der Waals surface area (Å²) in [4.78, 5) is 30.8. The summed E-state index contributed by atoms with van der Waals surface area (Å²) in [5, 5.41) is 22.4. The quantitative estimate of drug-likeness (QED) is 0.593. The topological polar surface area (TPSA) is 110 Å². The molecule has 1 saturated heterocycles. The van der Waals surface area contributed by atoms with Crippen LogP contribution in [0.25, 0.3) is 10.9 Å². The first-order valence-electron chi connectivity index (χ1n) is 14.5. The first kappa shape index (κ1) is 25.3. The Hall–Kier alpha value is -2.66. The largest absolute Gasteiger partial charge is 0.393 e. The molecule has 1 N–H and O–H groups in total. The Morgan fingerprint density at radius 3 is 2.87 bits per heavy atom. The number of ketones is 2. The lowest BCUT2D eigenvalue weighted by Gasteiger charge is -2.62. The lowest BCUT2D eigenvalue weighted by Crippen LogP contribution is -2.64. The number of benzene rings is 1. The number of hydrogen-bond donors (Lipinski definition) is 1. The van der Waals surface area contributed by atoms with E-state index in [0.717, 1.165) is 35.7 Å². The molecule has 2 heterocycles. The summed E-state index contributed by atoms with van der Waals surface area (Å²) in [6.07, 6.45) is 4.66. The van der Waals surface area contributed by atoms with Gasteiger partial charge in [0.05, 0.1) is 30.2 Å². The molecule has 0 spiro atoms. The van der Waals surface area contributed by atoms with Gasteiger partial charge in [-0.05, 0) is 73.3 Å². The molecule has 2 aromatic rings. The first-order chi connectivity index (χ1) is 18.7. The number of fused-ring (bicyclic) bond motifs is 8. The normalized spacial score (nSPS) is 44.7. The maximum absolute atomic E-state index is 14.0. The fourth-order valence-corrected chi connectivity index (χ4v) is 10.1. The van der Waals surface area contributed by atoms with Gasteiger partial charge in [-0.15, -0.1) is 0 Å². The van der Waals surface area contributed by atoms with E-state index in [9.17, 15) is 20.0 Å². The third-order valence-corrected chi connectivity index (χ3v) is 11.7. The lowest BCUT2D eigenvalue weighted by atomic mass is 9.43. The van der Waals surface area contributed by atoms with E-state index < -0.39 is 29.5 Å². The van der Waals surface area contributed by atoms with Crippen molar-refractivity contribution in [3.63, 3.8) is 0 Å². The molecule has 1 aromatic heterocycles. The highest BCUT2D eigenvalue weighted by Gasteiger charge is 2.76. The lowest BCUT2D eigenvalue weighted by molar-refractivity contribution is -0.214. The first-order valence-corrected chi connectivity index (χ1v) is 14.5. The number of aromatic nitrogens is 1. The van der Waals surface area contributed by atoms with Crippen LogP contribution in [0.1, 0.15) is 77.1 Å². The Kier molecular flexibility index (Phi) is 5.63. The third kappa shape index (κ3) is 3.29. The third-order valence-electron chi connectivity index (χ3n) is 11.7. The molecule has 7 nitrogen and oxygen atoms in total. The number of carbonyl (C=O) groups excluding carboxylic acids is 2. The number of pyridine rings is 1. The van der Waals surface area contributed by atoms with Gasteiger partial charge in [-0.1, -0.05) is 32.0 Å². The molecule has 1 aromatic carbocycles. The van der Waals surface area contributed by atoms with Gasteiger partial charge in [0.1, 0.15) is 5.78 Å². The van der Waals surface area contributed by atoms with Crippen LogP contribution in [-0.2, 0) is 19.1 Å². The maximum atomic E-state index is 14.0. The highest BCUT2D eigenvalue weighted by atomic mass is 16.7. The Morgan fingerprint density at radius 2 is 2.05 bits per heavy atom. The van der Waals surface area contributed by atoms with Crippen molar-refractivity contribution in [1.82, 2.24) is 4.98 Å². The van der Waals surface area contributed by atoms with E-state index in [2.05, 4.69) is 24.9 Å². The number of nitrogens with zero attached hydrogens (tertiary/aromatic N) is 2. The standard InChI is InChI=1S/C32H36N2O5/c1-30-12-9-19(35)15-18(30)7-8-22-23-16-27-32(26(37)10-13-33,31(23,2)17-25(36)28(22)30)39-29(38-27)21-11-14-34-24-6-4-3-5-20(21)24/h3-6,11,14,18,22-23,25,27-29,36H,7-10,12,15-17H2,1-2H3/t18?,22?,23-,25-,27+,28+,29?,30-,31-,32+/m0/s1. The van der Waals surface area contributed by atoms with Crippen LogP contribution in [0.15, 0.2) is 36.5 Å². The van der Waals surface area contributed by atoms with E-state index in [1.165, 1.54) is 0 Å². The molecule has 0 bridgehead atoms. The molecular formula is C32H36N2O5. The summed E-state index contributed by atoms with van der Waals surface area (Å²) < 4.78 is 13.5. The van der Waals surface area contributed by atoms with E-state index in [1.807, 2.05) is 30.3 Å². The van der Waals surface area contributed by atoms with Crippen LogP contribution in [-0.4, -0.2) is 39.5 Å². The predicted molar refractivity (Wildman–Crippen MR) is 142 cm³/mol. The number of aliphatic hydroxyl groups excluding tert-OH is 1. The summed E-state index contributed by atoms with van der Waals surface area (Å²) in [7, 11) is 0. The SMILES string of the molecule is C[C@]12CCC(=O)CC1CCC1[C@@H]2[C@@H](O)C[C@@]2(C)[C@H]1C[C@H]1OC(c3ccnc4ccccc34)O[C@]12C(=O)CC#N. The number of nitriles is 1. The number of para-hydroxylation sites is 1. The molecule has 1 aliphatic heterocycles. The number of Topliss-reactive ketones (excluding diaryl/α,β-unsaturated/α-hetero) is 2. The zero-order valence-corrected chi connectivity index (χ0v) is 22.6. The zero-order chi connectivity index (χ0) is 27.2. The predicted octanol–water partition coefficient (Wildman–Crippen LogP) is 5.06. The smallest absolute Gasteiger partial charge is 0.186 e. The fraction of sp³-hybridized carbons (Fsp3) is 0.625. The molecule has 7 rings (SSSR count). The minimum atomic E-state index is -1.30. The molecule has 10 atom stereocenters. The number of aliphatic hydroxyl groups is 1. The number of hydrogen-bond acceptors (Lipinski definition) is 7. The van der Waals surface area contributed by atoms with Crippen molar-refractivity contribution in [2.75, 3.05) is 0 Å². The fourth-order valence-electron chi connectivity index (χ4n) is 10.1. The molecular weight excluding hydrogens is 492 g/mol. The molecule has 3 unspecified atom stereocenters. The molecule has 5 aliphatic rings. The van der Waals surface area contributed by atoms with Gasteiger partial charge in [0, 0.05) is 35.4 Å². The van der Waals surface area contributed by atoms with E-state index in [1.54, 1.807) is 6.20 Å². The van der Waals surface area contributed by atoms with E-state index in [4.69, 9.17) is 9.47 Å². The summed E-state index contributed by atoms with van der Waals surface area (Å²) in [5.41, 5.74) is -0.396. The van der Waals surface area contributed by atoms with Gasteiger partial charge in [-0.3, -0.25) is 14.6 Å². The minimum Gasteiger partial charge on any atom is -0.393 e. The molecule has 4 aliphatic carbocycles. The zero-order valence-electron chi connectivity index (χ0n) is 22.6. The van der Waals surface area contributed by atoms with Crippen LogP contribution in [0, 0.1) is 45.8 Å². The van der Waals surface area contributed by atoms with Gasteiger partial charge in [-0.25, -0.2) is 0 Å². The Morgan fingerprint density at radius 1 is 1.23 bits per heavy atom. The molecule has 5 fully saturated rings. The van der Waals surface area contributed by atoms with Crippen LogP contribution in [0.5, 0.6) is 0 Å². The summed E-state index contributed by atoms with van der Waals surface area (Å²) in [5.74, 6) is 0.853. The van der Waals surface area contributed by atoms with Gasteiger partial charge in [-0.2, -0.15) is 5.26 Å². The van der Waals surface area contributed by atoms with Crippen LogP contribution >= 0.6 is 0 Å². The maximum Gasteiger partial charge on any atom is 0.186 e. The van der Waals surface area contributed by atoms with Crippen LogP contribution < -0.4 is 0 Å². The Labute approximate surface area is 228 Å². The van der Waals surface area contributed by atoms with E-state index >= 15 is 0 Å². The summed E-state index contributed by atoms with van der Waals surface area (Å²) >= 11 is 0. The second-order valence-electron chi connectivity index (χ2n) is 13.2. The molecule has 0 radical (unpaired) electrons. The van der Waals surface area contributed by atoms with Crippen LogP contribution in [0.2, 0.25) is 0 Å². The van der Waals surface area contributed by atoms with Crippen LogP contribution in [0.4, 0.5) is 0 Å². The Bertz CT molecular complexity index is 1400. The highest BCUT2D eigenvalue weighted by molar-refractivity contribution is 5.92. The Balaban J connectivity index is 1.29. The van der Waals surface area contributed by atoms with Gasteiger partial charge < -0.3 is 14.6 Å². The van der Waals surface area contributed by atoms with Crippen molar-refractivity contribution in [2.24, 2.45) is 34.5 Å². The van der Waals surface area contributed by atoms with Gasteiger partial charge in [0.15, 0.2) is 17.7 Å². The second kappa shape index (κ2) is 8.67. The number of rotatable bonds is 3. The molecule has 4 saturated carbocycles. The summed E-state index contributed by atoms with van der Waals surface area (Å²) in [6.45, 7) is 4.39. The number of ether oxygens (including phenoxy) is 2. The van der Waals surface area contributed by atoms with Crippen LogP contribution in [0.3, 0.4) is 0 Å². The van der Waals surface area contributed by atoms with Crippen molar-refractivity contribution in [3.05, 3.63) is 42.1 Å². The highest BCUT2D eigenvalue weighted by Crippen LogP contribution is 2.71. The van der Waals surface area contributed by atoms with Gasteiger partial charge >= 0.3 is 0 Å². The molecule has 204 valence electrons.